The first kappa shape index (κ1) is 14.9. The monoisotopic (exact) mass is 264 g/mol. The lowest BCUT2D eigenvalue weighted by molar-refractivity contribution is -0.119. The van der Waals surface area contributed by atoms with Crippen molar-refractivity contribution in [3.05, 3.63) is 23.4 Å². The molecule has 0 aliphatic heterocycles. The van der Waals surface area contributed by atoms with Crippen molar-refractivity contribution in [1.82, 2.24) is 10.3 Å². The molecule has 1 aromatic heterocycles. The molecule has 5 N–H and O–H groups in total. The third-order valence-corrected chi connectivity index (χ3v) is 2.59. The number of anilines is 1. The molecule has 1 aromatic rings. The van der Waals surface area contributed by atoms with Crippen LogP contribution in [0, 0.1) is 0 Å². The normalized spacial score (nSPS) is 11.1. The number of nitrogens with zero attached hydrogens (tertiary/aromatic N) is 1. The number of hydrogen-bond acceptors (Lipinski definition) is 4. The van der Waals surface area contributed by atoms with Gasteiger partial charge in [-0.05, 0) is 32.4 Å². The topological polar surface area (TPSA) is 111 Å². The van der Waals surface area contributed by atoms with Gasteiger partial charge < -0.3 is 16.8 Å². The number of aromatic nitrogens is 1. The van der Waals surface area contributed by atoms with Crippen LogP contribution < -0.4 is 16.8 Å². The largest absolute Gasteiger partial charge is 0.384 e. The van der Waals surface area contributed by atoms with Crippen molar-refractivity contribution in [2.24, 2.45) is 5.73 Å². The first-order valence-corrected chi connectivity index (χ1v) is 6.11. The quantitative estimate of drug-likeness (QED) is 0.723. The third kappa shape index (κ3) is 4.57. The van der Waals surface area contributed by atoms with Gasteiger partial charge in [-0.3, -0.25) is 9.59 Å². The van der Waals surface area contributed by atoms with Gasteiger partial charge in [0.1, 0.15) is 5.82 Å². The smallest absolute Gasteiger partial charge is 0.251 e. The lowest BCUT2D eigenvalue weighted by atomic mass is 9.99. The summed E-state index contributed by atoms with van der Waals surface area (Å²) in [6, 6.07) is 3.20. The number of primary amides is 1. The Morgan fingerprint density at radius 1 is 1.37 bits per heavy atom. The number of pyridine rings is 1. The summed E-state index contributed by atoms with van der Waals surface area (Å²) in [7, 11) is 0. The van der Waals surface area contributed by atoms with E-state index in [9.17, 15) is 9.59 Å². The summed E-state index contributed by atoms with van der Waals surface area (Å²) in [4.78, 5) is 27.1. The Bertz CT molecular complexity index is 497. The molecule has 0 aromatic carbocycles. The molecule has 1 heterocycles. The molecule has 0 aliphatic carbocycles. The number of nitrogens with two attached hydrogens (primary N) is 2. The van der Waals surface area contributed by atoms with Crippen LogP contribution >= 0.6 is 0 Å². The number of carbonyl (C=O) groups excluding carboxylic acids is 2. The summed E-state index contributed by atoms with van der Waals surface area (Å²) in [5.41, 5.74) is 11.3. The summed E-state index contributed by atoms with van der Waals surface area (Å²) in [6.07, 6.45) is 0.760. The number of rotatable bonds is 5. The SMILES string of the molecule is CCc1cc(C(=O)NC(C)(C)CC(N)=O)cc(N)n1. The maximum atomic E-state index is 12.1. The van der Waals surface area contributed by atoms with Crippen LogP contribution in [0.25, 0.3) is 0 Å². The summed E-state index contributed by atoms with van der Waals surface area (Å²) in [6.45, 7) is 5.41. The molecular formula is C13H20N4O2. The van der Waals surface area contributed by atoms with Gasteiger partial charge in [0.15, 0.2) is 0 Å². The van der Waals surface area contributed by atoms with E-state index in [1.165, 1.54) is 6.07 Å². The Morgan fingerprint density at radius 2 is 2.00 bits per heavy atom. The van der Waals surface area contributed by atoms with Crippen molar-refractivity contribution in [2.75, 3.05) is 5.73 Å². The molecule has 0 atom stereocenters. The zero-order valence-corrected chi connectivity index (χ0v) is 11.5. The van der Waals surface area contributed by atoms with Crippen LogP contribution in [0.1, 0.15) is 43.2 Å². The fourth-order valence-corrected chi connectivity index (χ4v) is 1.78. The van der Waals surface area contributed by atoms with Gasteiger partial charge in [0.05, 0.1) is 0 Å². The molecule has 104 valence electrons. The fourth-order valence-electron chi connectivity index (χ4n) is 1.78. The van der Waals surface area contributed by atoms with Crippen LogP contribution in [0.5, 0.6) is 0 Å². The number of amides is 2. The summed E-state index contributed by atoms with van der Waals surface area (Å²) < 4.78 is 0. The number of nitrogen functional groups attached to an aromatic ring is 1. The van der Waals surface area contributed by atoms with Gasteiger partial charge in [-0.15, -0.1) is 0 Å². The number of carbonyl (C=O) groups is 2. The second-order valence-corrected chi connectivity index (χ2v) is 5.11. The Balaban J connectivity index is 2.89. The first-order chi connectivity index (χ1) is 8.73. The second-order valence-electron chi connectivity index (χ2n) is 5.11. The van der Waals surface area contributed by atoms with E-state index in [1.54, 1.807) is 19.9 Å². The minimum absolute atomic E-state index is 0.0694. The second kappa shape index (κ2) is 5.69. The predicted molar refractivity (Wildman–Crippen MR) is 73.4 cm³/mol. The maximum absolute atomic E-state index is 12.1. The zero-order valence-electron chi connectivity index (χ0n) is 11.5. The van der Waals surface area contributed by atoms with E-state index >= 15 is 0 Å². The molecule has 0 spiro atoms. The lowest BCUT2D eigenvalue weighted by Gasteiger charge is -2.24. The third-order valence-electron chi connectivity index (χ3n) is 2.59. The number of nitrogens with one attached hydrogen (secondary N) is 1. The van der Waals surface area contributed by atoms with Crippen molar-refractivity contribution in [2.45, 2.75) is 39.2 Å². The van der Waals surface area contributed by atoms with Crippen LogP contribution in [0.2, 0.25) is 0 Å². The molecule has 6 heteroatoms. The van der Waals surface area contributed by atoms with Gasteiger partial charge in [0, 0.05) is 23.2 Å². The van der Waals surface area contributed by atoms with Crippen LogP contribution in [-0.2, 0) is 11.2 Å². The fraction of sp³-hybridized carbons (Fsp3) is 0.462. The Labute approximate surface area is 112 Å². The Hall–Kier alpha value is -2.11. The molecule has 0 bridgehead atoms. The van der Waals surface area contributed by atoms with Crippen LogP contribution in [0.4, 0.5) is 5.82 Å². The van der Waals surface area contributed by atoms with E-state index < -0.39 is 11.4 Å². The summed E-state index contributed by atoms with van der Waals surface area (Å²) >= 11 is 0. The highest BCUT2D eigenvalue weighted by Gasteiger charge is 2.23. The van der Waals surface area contributed by atoms with Crippen molar-refractivity contribution in [3.63, 3.8) is 0 Å². The van der Waals surface area contributed by atoms with E-state index in [1.807, 2.05) is 6.92 Å². The molecule has 19 heavy (non-hydrogen) atoms. The summed E-state index contributed by atoms with van der Waals surface area (Å²) in [5, 5.41) is 2.76. The van der Waals surface area contributed by atoms with E-state index in [0.29, 0.717) is 17.8 Å². The van der Waals surface area contributed by atoms with E-state index in [2.05, 4.69) is 10.3 Å². The minimum atomic E-state index is -0.701. The zero-order chi connectivity index (χ0) is 14.6. The molecule has 0 aliphatic rings. The van der Waals surface area contributed by atoms with Crippen LogP contribution in [0.3, 0.4) is 0 Å². The van der Waals surface area contributed by atoms with Gasteiger partial charge in [0.2, 0.25) is 5.91 Å². The van der Waals surface area contributed by atoms with Crippen molar-refractivity contribution < 1.29 is 9.59 Å². The van der Waals surface area contributed by atoms with Crippen LogP contribution in [-0.4, -0.2) is 22.3 Å². The number of aryl methyl sites for hydroxylation is 1. The van der Waals surface area contributed by atoms with Gasteiger partial charge in [0.25, 0.3) is 5.91 Å². The van der Waals surface area contributed by atoms with E-state index in [0.717, 1.165) is 5.69 Å². The van der Waals surface area contributed by atoms with Crippen LogP contribution in [0.15, 0.2) is 12.1 Å². The predicted octanol–water partition coefficient (Wildman–Crippen LogP) is 0.610. The van der Waals surface area contributed by atoms with E-state index in [4.69, 9.17) is 11.5 Å². The molecular weight excluding hydrogens is 244 g/mol. The Morgan fingerprint density at radius 3 is 2.53 bits per heavy atom. The highest BCUT2D eigenvalue weighted by Crippen LogP contribution is 2.12. The van der Waals surface area contributed by atoms with Crippen molar-refractivity contribution in [1.29, 1.82) is 0 Å². The number of hydrogen-bond donors (Lipinski definition) is 3. The van der Waals surface area contributed by atoms with Gasteiger partial charge in [-0.1, -0.05) is 6.92 Å². The average Bonchev–Trinajstić information content (AvgIpc) is 2.25. The molecule has 0 saturated heterocycles. The van der Waals surface area contributed by atoms with Gasteiger partial charge >= 0.3 is 0 Å². The highest BCUT2D eigenvalue weighted by atomic mass is 16.2. The standard InChI is InChI=1S/C13H20N4O2/c1-4-9-5-8(6-10(14)16-9)12(19)17-13(2,3)7-11(15)18/h5-6H,4,7H2,1-3H3,(H2,14,16)(H2,15,18)(H,17,19). The molecule has 1 rings (SSSR count). The summed E-state index contributed by atoms with van der Waals surface area (Å²) in [5.74, 6) is -0.457. The van der Waals surface area contributed by atoms with Crippen molar-refractivity contribution >= 4 is 17.6 Å². The van der Waals surface area contributed by atoms with Crippen molar-refractivity contribution in [3.8, 4) is 0 Å². The minimum Gasteiger partial charge on any atom is -0.384 e. The molecule has 6 nitrogen and oxygen atoms in total. The molecule has 0 saturated carbocycles. The van der Waals surface area contributed by atoms with Gasteiger partial charge in [-0.2, -0.15) is 0 Å². The Kier molecular flexibility index (Phi) is 4.47. The molecule has 0 unspecified atom stereocenters. The molecule has 0 radical (unpaired) electrons. The van der Waals surface area contributed by atoms with Gasteiger partial charge in [-0.25, -0.2) is 4.98 Å². The highest BCUT2D eigenvalue weighted by molar-refractivity contribution is 5.95. The maximum Gasteiger partial charge on any atom is 0.251 e. The average molecular weight is 264 g/mol. The lowest BCUT2D eigenvalue weighted by Crippen LogP contribution is -2.46. The molecule has 0 fully saturated rings. The molecule has 2 amide bonds. The first-order valence-electron chi connectivity index (χ1n) is 6.11. The van der Waals surface area contributed by atoms with E-state index in [-0.39, 0.29) is 12.3 Å².